The molecule has 1 aromatic rings. The van der Waals surface area contributed by atoms with Gasteiger partial charge in [-0.05, 0) is 18.6 Å². The second kappa shape index (κ2) is 6.10. The first-order valence-corrected chi connectivity index (χ1v) is 5.38. The van der Waals surface area contributed by atoms with Crippen LogP contribution in [0.5, 0.6) is 0 Å². The van der Waals surface area contributed by atoms with Gasteiger partial charge >= 0.3 is 0 Å². The van der Waals surface area contributed by atoms with Crippen LogP contribution in [0.2, 0.25) is 0 Å². The Morgan fingerprint density at radius 1 is 1.39 bits per heavy atom. The van der Waals surface area contributed by atoms with E-state index in [-0.39, 0.29) is 11.6 Å². The Morgan fingerprint density at radius 3 is 2.39 bits per heavy atom. The predicted octanol–water partition coefficient (Wildman–Crippen LogP) is 2.64. The third kappa shape index (κ3) is 3.27. The Hall–Kier alpha value is -1.96. The topological polar surface area (TPSA) is 29.1 Å². The van der Waals surface area contributed by atoms with Crippen molar-refractivity contribution in [2.75, 3.05) is 0 Å². The number of terminal acetylenes is 1. The van der Waals surface area contributed by atoms with Crippen LogP contribution < -0.4 is 5.32 Å². The van der Waals surface area contributed by atoms with Crippen LogP contribution >= 0.6 is 0 Å². The Labute approximate surface area is 103 Å². The molecule has 0 saturated heterocycles. The number of amides is 1. The molecule has 0 aliphatic rings. The molecule has 0 heterocycles. The van der Waals surface area contributed by atoms with Crippen molar-refractivity contribution >= 4 is 5.91 Å². The zero-order valence-corrected chi connectivity index (χ0v) is 9.77. The van der Waals surface area contributed by atoms with Gasteiger partial charge in [0.15, 0.2) is 17.5 Å². The van der Waals surface area contributed by atoms with Crippen molar-refractivity contribution in [3.63, 3.8) is 0 Å². The molecule has 1 aromatic carbocycles. The van der Waals surface area contributed by atoms with Crippen LogP contribution in [0.3, 0.4) is 0 Å². The lowest BCUT2D eigenvalue weighted by Crippen LogP contribution is -2.34. The molecule has 5 heteroatoms. The van der Waals surface area contributed by atoms with Crippen molar-refractivity contribution in [1.82, 2.24) is 5.32 Å². The normalized spacial score (nSPS) is 11.7. The molecule has 0 aliphatic heterocycles. The summed E-state index contributed by atoms with van der Waals surface area (Å²) in [6, 6.07) is 1.02. The average Bonchev–Trinajstić information content (AvgIpc) is 2.34. The monoisotopic (exact) mass is 255 g/mol. The van der Waals surface area contributed by atoms with Gasteiger partial charge in [0, 0.05) is 18.0 Å². The summed E-state index contributed by atoms with van der Waals surface area (Å²) in [7, 11) is 0. The minimum absolute atomic E-state index is 0.276. The van der Waals surface area contributed by atoms with E-state index in [0.29, 0.717) is 25.0 Å². The van der Waals surface area contributed by atoms with Gasteiger partial charge in [0.1, 0.15) is 0 Å². The molecule has 2 nitrogen and oxygen atoms in total. The largest absolute Gasteiger partial charge is 0.348 e. The number of benzene rings is 1. The standard InChI is InChI=1S/C13H12F3NO/c1-3-5-9(4-2)17-13(18)8-6-10(14)12(16)11(15)7-8/h1,6-7,9H,4-5H2,2H3,(H,17,18). The molecule has 0 spiro atoms. The lowest BCUT2D eigenvalue weighted by molar-refractivity contribution is 0.0935. The first-order valence-electron chi connectivity index (χ1n) is 5.38. The molecule has 0 fully saturated rings. The van der Waals surface area contributed by atoms with Gasteiger partial charge in [-0.15, -0.1) is 12.3 Å². The lowest BCUT2D eigenvalue weighted by atomic mass is 10.1. The highest BCUT2D eigenvalue weighted by Crippen LogP contribution is 2.14. The van der Waals surface area contributed by atoms with Crippen LogP contribution in [0.25, 0.3) is 0 Å². The molecular formula is C13H12F3NO. The SMILES string of the molecule is C#CCC(CC)NC(=O)c1cc(F)c(F)c(F)c1. The number of rotatable bonds is 4. The van der Waals surface area contributed by atoms with E-state index in [1.165, 1.54) is 0 Å². The molecule has 0 radical (unpaired) electrons. The molecule has 1 N–H and O–H groups in total. The van der Waals surface area contributed by atoms with E-state index < -0.39 is 23.4 Å². The predicted molar refractivity (Wildman–Crippen MR) is 61.3 cm³/mol. The second-order valence-electron chi connectivity index (χ2n) is 3.74. The lowest BCUT2D eigenvalue weighted by Gasteiger charge is -2.14. The molecule has 1 rings (SSSR count). The maximum Gasteiger partial charge on any atom is 0.251 e. The molecule has 0 aromatic heterocycles. The summed E-state index contributed by atoms with van der Waals surface area (Å²) in [4.78, 5) is 11.7. The maximum absolute atomic E-state index is 12.9. The fourth-order valence-corrected chi connectivity index (χ4v) is 1.40. The number of carbonyl (C=O) groups excluding carboxylic acids is 1. The van der Waals surface area contributed by atoms with Gasteiger partial charge in [-0.3, -0.25) is 4.79 Å². The van der Waals surface area contributed by atoms with Crippen LogP contribution in [0, 0.1) is 29.8 Å². The van der Waals surface area contributed by atoms with E-state index >= 15 is 0 Å². The molecule has 18 heavy (non-hydrogen) atoms. The van der Waals surface area contributed by atoms with Crippen LogP contribution in [-0.4, -0.2) is 11.9 Å². The van der Waals surface area contributed by atoms with E-state index in [9.17, 15) is 18.0 Å². The van der Waals surface area contributed by atoms with Gasteiger partial charge in [-0.1, -0.05) is 6.92 Å². The van der Waals surface area contributed by atoms with E-state index in [4.69, 9.17) is 6.42 Å². The van der Waals surface area contributed by atoms with Crippen LogP contribution in [0.1, 0.15) is 30.1 Å². The van der Waals surface area contributed by atoms with Gasteiger partial charge in [0.2, 0.25) is 0 Å². The van der Waals surface area contributed by atoms with Crippen molar-refractivity contribution in [2.24, 2.45) is 0 Å². The first kappa shape index (κ1) is 14.1. The Kier molecular flexibility index (Phi) is 4.78. The minimum atomic E-state index is -1.60. The maximum atomic E-state index is 12.9. The van der Waals surface area contributed by atoms with Gasteiger partial charge in [-0.2, -0.15) is 0 Å². The zero-order valence-electron chi connectivity index (χ0n) is 9.77. The molecule has 1 amide bonds. The summed E-state index contributed by atoms with van der Waals surface area (Å²) < 4.78 is 38.6. The van der Waals surface area contributed by atoms with Crippen LogP contribution in [-0.2, 0) is 0 Å². The molecule has 96 valence electrons. The average molecular weight is 255 g/mol. The summed E-state index contributed by atoms with van der Waals surface area (Å²) in [6.45, 7) is 1.81. The Morgan fingerprint density at radius 2 is 1.94 bits per heavy atom. The molecule has 1 unspecified atom stereocenters. The second-order valence-corrected chi connectivity index (χ2v) is 3.74. The molecular weight excluding hydrogens is 243 g/mol. The van der Waals surface area contributed by atoms with Gasteiger partial charge in [0.25, 0.3) is 5.91 Å². The third-order valence-corrected chi connectivity index (χ3v) is 2.44. The summed E-state index contributed by atoms with van der Waals surface area (Å²) >= 11 is 0. The third-order valence-electron chi connectivity index (χ3n) is 2.44. The smallest absolute Gasteiger partial charge is 0.251 e. The summed E-state index contributed by atoms with van der Waals surface area (Å²) in [5.74, 6) is -2.69. The van der Waals surface area contributed by atoms with E-state index in [2.05, 4.69) is 11.2 Å². The minimum Gasteiger partial charge on any atom is -0.348 e. The fourth-order valence-electron chi connectivity index (χ4n) is 1.40. The van der Waals surface area contributed by atoms with Crippen molar-refractivity contribution in [3.8, 4) is 12.3 Å². The Balaban J connectivity index is 2.88. The van der Waals surface area contributed by atoms with Crippen molar-refractivity contribution in [3.05, 3.63) is 35.1 Å². The highest BCUT2D eigenvalue weighted by atomic mass is 19.2. The van der Waals surface area contributed by atoms with Crippen molar-refractivity contribution in [1.29, 1.82) is 0 Å². The van der Waals surface area contributed by atoms with Crippen LogP contribution in [0.4, 0.5) is 13.2 Å². The molecule has 1 atom stereocenters. The quantitative estimate of drug-likeness (QED) is 0.650. The first-order chi connectivity index (χ1) is 8.49. The van der Waals surface area contributed by atoms with E-state index in [1.807, 2.05) is 6.92 Å². The molecule has 0 bridgehead atoms. The fraction of sp³-hybridized carbons (Fsp3) is 0.308. The summed E-state index contributed by atoms with van der Waals surface area (Å²) in [5, 5.41) is 2.52. The summed E-state index contributed by atoms with van der Waals surface area (Å²) in [6.07, 6.45) is 6.02. The number of halogens is 3. The highest BCUT2D eigenvalue weighted by molar-refractivity contribution is 5.94. The van der Waals surface area contributed by atoms with E-state index in [1.54, 1.807) is 0 Å². The number of carbonyl (C=O) groups is 1. The Bertz CT molecular complexity index is 470. The highest BCUT2D eigenvalue weighted by Gasteiger charge is 2.16. The van der Waals surface area contributed by atoms with Crippen LogP contribution in [0.15, 0.2) is 12.1 Å². The van der Waals surface area contributed by atoms with Crippen molar-refractivity contribution < 1.29 is 18.0 Å². The molecule has 0 saturated carbocycles. The van der Waals surface area contributed by atoms with Gasteiger partial charge in [-0.25, -0.2) is 13.2 Å². The van der Waals surface area contributed by atoms with E-state index in [0.717, 1.165) is 0 Å². The zero-order chi connectivity index (χ0) is 13.7. The summed E-state index contributed by atoms with van der Waals surface area (Å²) in [5.41, 5.74) is -0.276. The van der Waals surface area contributed by atoms with Gasteiger partial charge < -0.3 is 5.32 Å². The van der Waals surface area contributed by atoms with Gasteiger partial charge in [0.05, 0.1) is 0 Å². The number of hydrogen-bond donors (Lipinski definition) is 1. The van der Waals surface area contributed by atoms with Crippen molar-refractivity contribution in [2.45, 2.75) is 25.8 Å². The molecule has 0 aliphatic carbocycles. The number of nitrogens with one attached hydrogen (secondary N) is 1. The number of hydrogen-bond acceptors (Lipinski definition) is 1.